The number of unbranched alkanes of at least 4 members (excludes halogenated alkanes) is 2. The number of aliphatic hydroxyl groups excluding tert-OH is 2. The van der Waals surface area contributed by atoms with Crippen LogP contribution in [0.25, 0.3) is 0 Å². The molecule has 28 heavy (non-hydrogen) atoms. The summed E-state index contributed by atoms with van der Waals surface area (Å²) in [6.45, 7) is 4.39. The third-order valence-corrected chi connectivity index (χ3v) is 6.43. The first-order valence-electron chi connectivity index (χ1n) is 11.2. The van der Waals surface area contributed by atoms with Gasteiger partial charge in [0.25, 0.3) is 0 Å². The van der Waals surface area contributed by atoms with E-state index in [1.54, 1.807) is 0 Å². The first-order chi connectivity index (χ1) is 13.4. The van der Waals surface area contributed by atoms with Gasteiger partial charge in [0.15, 0.2) is 0 Å². The summed E-state index contributed by atoms with van der Waals surface area (Å²) in [4.78, 5) is 11.2. The molecule has 1 saturated carbocycles. The van der Waals surface area contributed by atoms with E-state index in [-0.39, 0.29) is 30.2 Å². The zero-order valence-electron chi connectivity index (χ0n) is 17.9. The number of fused-ring (bicyclic) bond motifs is 1. The zero-order chi connectivity index (χ0) is 20.5. The van der Waals surface area contributed by atoms with Crippen LogP contribution in [-0.2, 0) is 14.3 Å². The van der Waals surface area contributed by atoms with Crippen molar-refractivity contribution < 1.29 is 24.5 Å². The summed E-state index contributed by atoms with van der Waals surface area (Å²) >= 11 is 0. The van der Waals surface area contributed by atoms with Gasteiger partial charge < -0.3 is 19.7 Å². The molecule has 0 bridgehead atoms. The Labute approximate surface area is 170 Å². The molecule has 5 nitrogen and oxygen atoms in total. The van der Waals surface area contributed by atoms with Crippen LogP contribution in [0.15, 0.2) is 12.2 Å². The standard InChI is InChI=1S/C23H40O5/c1-4-5-8-16(2)13-17(24)11-12-19-20-14-18(28-22(20)15-21(19)25)9-6-7-10-23(26)27-3/h11-12,16-22,24-25H,4-10,13-15H2,1-3H3/b12-11+/t16-,17+,18?,19+,20+,21+,22+/m0/s1. The van der Waals surface area contributed by atoms with Crippen LogP contribution in [-0.4, -0.2) is 47.7 Å². The van der Waals surface area contributed by atoms with Gasteiger partial charge in [0.1, 0.15) is 0 Å². The third-order valence-electron chi connectivity index (χ3n) is 6.43. The highest BCUT2D eigenvalue weighted by molar-refractivity contribution is 5.68. The Kier molecular flexibility index (Phi) is 9.96. The first kappa shape index (κ1) is 23.4. The molecule has 1 heterocycles. The van der Waals surface area contributed by atoms with Crippen molar-refractivity contribution in [2.75, 3.05) is 7.11 Å². The lowest BCUT2D eigenvalue weighted by Gasteiger charge is -2.19. The Morgan fingerprint density at radius 1 is 1.29 bits per heavy atom. The molecular formula is C23H40O5. The van der Waals surface area contributed by atoms with E-state index in [0.29, 0.717) is 24.7 Å². The van der Waals surface area contributed by atoms with E-state index < -0.39 is 6.10 Å². The van der Waals surface area contributed by atoms with E-state index in [0.717, 1.165) is 38.5 Å². The van der Waals surface area contributed by atoms with Crippen molar-refractivity contribution in [2.24, 2.45) is 17.8 Å². The number of aliphatic hydroxyl groups is 2. The predicted octanol–water partition coefficient (Wildman–Crippen LogP) is 4.01. The van der Waals surface area contributed by atoms with E-state index in [1.165, 1.54) is 20.0 Å². The van der Waals surface area contributed by atoms with Gasteiger partial charge in [0.05, 0.1) is 31.5 Å². The molecule has 5 heteroatoms. The second-order valence-corrected chi connectivity index (χ2v) is 8.83. The molecule has 1 aliphatic carbocycles. The molecule has 0 aromatic carbocycles. The van der Waals surface area contributed by atoms with Crippen molar-refractivity contribution in [1.29, 1.82) is 0 Å². The lowest BCUT2D eigenvalue weighted by molar-refractivity contribution is -0.140. The van der Waals surface area contributed by atoms with Crippen molar-refractivity contribution in [2.45, 2.75) is 102 Å². The third kappa shape index (κ3) is 7.16. The number of methoxy groups -OCH3 is 1. The number of hydrogen-bond donors (Lipinski definition) is 2. The van der Waals surface area contributed by atoms with Crippen molar-refractivity contribution >= 4 is 5.97 Å². The number of ether oxygens (including phenoxy) is 2. The van der Waals surface area contributed by atoms with Gasteiger partial charge in [0.2, 0.25) is 0 Å². The highest BCUT2D eigenvalue weighted by Crippen LogP contribution is 2.45. The van der Waals surface area contributed by atoms with Crippen LogP contribution in [0.1, 0.15) is 78.1 Å². The minimum atomic E-state index is -0.436. The zero-order valence-corrected chi connectivity index (χ0v) is 17.9. The molecule has 2 rings (SSSR count). The van der Waals surface area contributed by atoms with Crippen molar-refractivity contribution in [3.05, 3.63) is 12.2 Å². The lowest BCUT2D eigenvalue weighted by atomic mass is 9.88. The molecule has 2 aliphatic rings. The van der Waals surface area contributed by atoms with E-state index in [4.69, 9.17) is 4.74 Å². The molecule has 2 N–H and O–H groups in total. The second-order valence-electron chi connectivity index (χ2n) is 8.83. The Morgan fingerprint density at radius 3 is 2.79 bits per heavy atom. The summed E-state index contributed by atoms with van der Waals surface area (Å²) in [7, 11) is 1.42. The van der Waals surface area contributed by atoms with Crippen molar-refractivity contribution in [3.8, 4) is 0 Å². The normalized spacial score (nSPS) is 31.8. The maximum atomic E-state index is 11.2. The summed E-state index contributed by atoms with van der Waals surface area (Å²) in [6, 6.07) is 0. The number of esters is 1. The predicted molar refractivity (Wildman–Crippen MR) is 110 cm³/mol. The Bertz CT molecular complexity index is 491. The Morgan fingerprint density at radius 2 is 2.07 bits per heavy atom. The van der Waals surface area contributed by atoms with Crippen LogP contribution in [0.2, 0.25) is 0 Å². The average molecular weight is 397 g/mol. The monoisotopic (exact) mass is 396 g/mol. The molecule has 1 aliphatic heterocycles. The molecule has 0 radical (unpaired) electrons. The molecule has 7 atom stereocenters. The summed E-state index contributed by atoms with van der Waals surface area (Å²) < 4.78 is 10.8. The highest BCUT2D eigenvalue weighted by Gasteiger charge is 2.47. The molecule has 0 spiro atoms. The fraction of sp³-hybridized carbons (Fsp3) is 0.870. The van der Waals surface area contributed by atoms with Crippen LogP contribution in [0.5, 0.6) is 0 Å². The average Bonchev–Trinajstić information content (AvgIpc) is 3.18. The highest BCUT2D eigenvalue weighted by atomic mass is 16.5. The fourth-order valence-corrected chi connectivity index (χ4v) is 4.79. The summed E-state index contributed by atoms with van der Waals surface area (Å²) in [5, 5.41) is 20.8. The van der Waals surface area contributed by atoms with Crippen LogP contribution < -0.4 is 0 Å². The SMILES string of the molecule is CCCC[C@H](C)C[C@H](O)/C=C/[C@@H]1[C@H]2CC(CCCCC(=O)OC)O[C@@H]2C[C@H]1O. The van der Waals surface area contributed by atoms with Gasteiger partial charge in [-0.15, -0.1) is 0 Å². The lowest BCUT2D eigenvalue weighted by Crippen LogP contribution is -2.19. The van der Waals surface area contributed by atoms with Crippen LogP contribution >= 0.6 is 0 Å². The van der Waals surface area contributed by atoms with Crippen molar-refractivity contribution in [3.63, 3.8) is 0 Å². The smallest absolute Gasteiger partial charge is 0.305 e. The van der Waals surface area contributed by atoms with E-state index in [2.05, 4.69) is 18.6 Å². The van der Waals surface area contributed by atoms with Crippen LogP contribution in [0.3, 0.4) is 0 Å². The molecule has 1 saturated heterocycles. The van der Waals surface area contributed by atoms with E-state index >= 15 is 0 Å². The van der Waals surface area contributed by atoms with Gasteiger partial charge in [-0.3, -0.25) is 4.79 Å². The molecule has 162 valence electrons. The van der Waals surface area contributed by atoms with Gasteiger partial charge in [-0.05, 0) is 37.5 Å². The molecule has 0 aromatic heterocycles. The summed E-state index contributed by atoms with van der Waals surface area (Å²) in [5.74, 6) is 0.775. The van der Waals surface area contributed by atoms with Gasteiger partial charge >= 0.3 is 5.97 Å². The molecule has 0 amide bonds. The molecular weight excluding hydrogens is 356 g/mol. The van der Waals surface area contributed by atoms with Crippen LogP contribution in [0.4, 0.5) is 0 Å². The second kappa shape index (κ2) is 11.9. The van der Waals surface area contributed by atoms with Crippen LogP contribution in [0, 0.1) is 17.8 Å². The Hall–Kier alpha value is -0.910. The maximum absolute atomic E-state index is 11.2. The fourth-order valence-electron chi connectivity index (χ4n) is 4.79. The number of rotatable bonds is 12. The van der Waals surface area contributed by atoms with Gasteiger partial charge in [-0.2, -0.15) is 0 Å². The molecule has 0 aromatic rings. The largest absolute Gasteiger partial charge is 0.469 e. The number of carbonyl (C=O) groups is 1. The maximum Gasteiger partial charge on any atom is 0.305 e. The number of hydrogen-bond acceptors (Lipinski definition) is 5. The molecule has 1 unspecified atom stereocenters. The quantitative estimate of drug-likeness (QED) is 0.296. The molecule has 2 fully saturated rings. The van der Waals surface area contributed by atoms with Gasteiger partial charge in [-0.1, -0.05) is 51.7 Å². The van der Waals surface area contributed by atoms with Gasteiger partial charge in [0, 0.05) is 18.8 Å². The Balaban J connectivity index is 1.75. The van der Waals surface area contributed by atoms with E-state index in [9.17, 15) is 15.0 Å². The topological polar surface area (TPSA) is 76.0 Å². The first-order valence-corrected chi connectivity index (χ1v) is 11.2. The minimum Gasteiger partial charge on any atom is -0.469 e. The summed E-state index contributed by atoms with van der Waals surface area (Å²) in [6.07, 6.45) is 12.6. The summed E-state index contributed by atoms with van der Waals surface area (Å²) in [5.41, 5.74) is 0. The van der Waals surface area contributed by atoms with Crippen molar-refractivity contribution in [1.82, 2.24) is 0 Å². The minimum absolute atomic E-state index is 0.0747. The van der Waals surface area contributed by atoms with Gasteiger partial charge in [-0.25, -0.2) is 0 Å². The van der Waals surface area contributed by atoms with E-state index in [1.807, 2.05) is 12.2 Å². The number of carbonyl (C=O) groups excluding carboxylic acids is 1.